The highest BCUT2D eigenvalue weighted by Gasteiger charge is 2.06. The van der Waals surface area contributed by atoms with Gasteiger partial charge in [0.2, 0.25) is 5.91 Å². The van der Waals surface area contributed by atoms with Crippen molar-refractivity contribution in [2.75, 3.05) is 18.9 Å². The second-order valence-corrected chi connectivity index (χ2v) is 3.88. The summed E-state index contributed by atoms with van der Waals surface area (Å²) in [4.78, 5) is 11.0. The zero-order chi connectivity index (χ0) is 12.8. The van der Waals surface area contributed by atoms with E-state index in [0.29, 0.717) is 30.2 Å². The number of ether oxygens (including phenoxy) is 2. The number of nitrogen functional groups attached to an aromatic ring is 1. The predicted molar refractivity (Wildman–Crippen MR) is 66.0 cm³/mol. The van der Waals surface area contributed by atoms with E-state index >= 15 is 0 Å². The standard InChI is InChI=1S/C12H18N2O3/c1-8(2)16-5-6-17-11-7-9(12(14)15)3-4-10(11)13/h3-4,7-8H,5-6,13H2,1-2H3,(H2,14,15). The van der Waals surface area contributed by atoms with Crippen LogP contribution in [0.5, 0.6) is 5.75 Å². The van der Waals surface area contributed by atoms with Gasteiger partial charge in [-0.2, -0.15) is 0 Å². The van der Waals surface area contributed by atoms with E-state index in [1.165, 1.54) is 6.07 Å². The maximum atomic E-state index is 11.0. The fourth-order valence-electron chi connectivity index (χ4n) is 1.25. The normalized spacial score (nSPS) is 10.5. The molecule has 1 rings (SSSR count). The molecule has 0 saturated carbocycles. The van der Waals surface area contributed by atoms with Crippen LogP contribution in [0.2, 0.25) is 0 Å². The van der Waals surface area contributed by atoms with E-state index in [9.17, 15) is 4.79 Å². The molecule has 5 heteroatoms. The zero-order valence-corrected chi connectivity index (χ0v) is 10.1. The molecule has 0 spiro atoms. The Bertz CT molecular complexity index is 391. The number of nitrogens with two attached hydrogens (primary N) is 2. The van der Waals surface area contributed by atoms with Crippen LogP contribution in [0.1, 0.15) is 24.2 Å². The lowest BCUT2D eigenvalue weighted by molar-refractivity contribution is 0.0554. The van der Waals surface area contributed by atoms with Gasteiger partial charge >= 0.3 is 0 Å². The molecule has 0 fully saturated rings. The summed E-state index contributed by atoms with van der Waals surface area (Å²) in [6.07, 6.45) is 0.160. The first-order chi connectivity index (χ1) is 8.00. The summed E-state index contributed by atoms with van der Waals surface area (Å²) in [5, 5.41) is 0. The maximum Gasteiger partial charge on any atom is 0.248 e. The van der Waals surface area contributed by atoms with E-state index in [-0.39, 0.29) is 6.10 Å². The Morgan fingerprint density at radius 1 is 1.35 bits per heavy atom. The van der Waals surface area contributed by atoms with Crippen molar-refractivity contribution in [2.45, 2.75) is 20.0 Å². The molecular formula is C12H18N2O3. The number of benzene rings is 1. The Morgan fingerprint density at radius 2 is 2.06 bits per heavy atom. The van der Waals surface area contributed by atoms with Crippen LogP contribution in [0.4, 0.5) is 5.69 Å². The van der Waals surface area contributed by atoms with Crippen LogP contribution in [0.3, 0.4) is 0 Å². The quantitative estimate of drug-likeness (QED) is 0.575. The molecule has 0 aromatic heterocycles. The lowest BCUT2D eigenvalue weighted by atomic mass is 10.2. The first-order valence-corrected chi connectivity index (χ1v) is 5.44. The molecule has 0 radical (unpaired) electrons. The number of carbonyl (C=O) groups is 1. The third kappa shape index (κ3) is 4.32. The second-order valence-electron chi connectivity index (χ2n) is 3.88. The third-order valence-electron chi connectivity index (χ3n) is 2.09. The van der Waals surface area contributed by atoms with Crippen LogP contribution >= 0.6 is 0 Å². The Kier molecular flexibility index (Phi) is 4.78. The molecule has 0 aliphatic heterocycles. The van der Waals surface area contributed by atoms with Crippen molar-refractivity contribution in [2.24, 2.45) is 5.73 Å². The molecular weight excluding hydrogens is 220 g/mol. The van der Waals surface area contributed by atoms with Gasteiger partial charge in [-0.05, 0) is 32.0 Å². The van der Waals surface area contributed by atoms with Crippen molar-refractivity contribution >= 4 is 11.6 Å². The Hall–Kier alpha value is -1.75. The number of carbonyl (C=O) groups excluding carboxylic acids is 1. The molecule has 17 heavy (non-hydrogen) atoms. The van der Waals surface area contributed by atoms with Crippen LogP contribution in [0.15, 0.2) is 18.2 Å². The molecule has 0 aliphatic rings. The molecule has 0 saturated heterocycles. The fourth-order valence-corrected chi connectivity index (χ4v) is 1.25. The van der Waals surface area contributed by atoms with E-state index in [1.54, 1.807) is 12.1 Å². The summed E-state index contributed by atoms with van der Waals surface area (Å²) in [5.41, 5.74) is 11.7. The van der Waals surface area contributed by atoms with E-state index in [2.05, 4.69) is 0 Å². The van der Waals surface area contributed by atoms with Gasteiger partial charge in [-0.3, -0.25) is 4.79 Å². The average molecular weight is 238 g/mol. The fraction of sp³-hybridized carbons (Fsp3) is 0.417. The van der Waals surface area contributed by atoms with Crippen molar-refractivity contribution in [3.8, 4) is 5.75 Å². The maximum absolute atomic E-state index is 11.0. The van der Waals surface area contributed by atoms with Crippen molar-refractivity contribution in [1.29, 1.82) is 0 Å². The van der Waals surface area contributed by atoms with Crippen molar-refractivity contribution in [1.82, 2.24) is 0 Å². The van der Waals surface area contributed by atoms with Gasteiger partial charge < -0.3 is 20.9 Å². The molecule has 94 valence electrons. The van der Waals surface area contributed by atoms with E-state index in [0.717, 1.165) is 0 Å². The highest BCUT2D eigenvalue weighted by Crippen LogP contribution is 2.22. The summed E-state index contributed by atoms with van der Waals surface area (Å²) in [5.74, 6) is -0.0538. The number of hydrogen-bond acceptors (Lipinski definition) is 4. The molecule has 4 N–H and O–H groups in total. The molecule has 0 heterocycles. The lowest BCUT2D eigenvalue weighted by Crippen LogP contribution is -2.14. The molecule has 0 bridgehead atoms. The number of hydrogen-bond donors (Lipinski definition) is 2. The predicted octanol–water partition coefficient (Wildman–Crippen LogP) is 1.17. The molecule has 0 aliphatic carbocycles. The average Bonchev–Trinajstić information content (AvgIpc) is 2.25. The minimum Gasteiger partial charge on any atom is -0.489 e. The van der Waals surface area contributed by atoms with Crippen molar-refractivity contribution < 1.29 is 14.3 Å². The van der Waals surface area contributed by atoms with E-state index in [1.807, 2.05) is 13.8 Å². The van der Waals surface area contributed by atoms with Crippen LogP contribution in [0, 0.1) is 0 Å². The molecule has 0 atom stereocenters. The smallest absolute Gasteiger partial charge is 0.248 e. The van der Waals surface area contributed by atoms with E-state index < -0.39 is 5.91 Å². The SMILES string of the molecule is CC(C)OCCOc1cc(C(N)=O)ccc1N. The van der Waals surface area contributed by atoms with Gasteiger partial charge in [0.05, 0.1) is 18.4 Å². The second kappa shape index (κ2) is 6.10. The van der Waals surface area contributed by atoms with Gasteiger partial charge in [0.15, 0.2) is 0 Å². The number of anilines is 1. The first-order valence-electron chi connectivity index (χ1n) is 5.44. The van der Waals surface area contributed by atoms with Crippen LogP contribution in [-0.2, 0) is 4.74 Å². The Labute approximate surface area is 101 Å². The summed E-state index contributed by atoms with van der Waals surface area (Å²) < 4.78 is 10.7. The first kappa shape index (κ1) is 13.3. The minimum atomic E-state index is -0.506. The summed E-state index contributed by atoms with van der Waals surface area (Å²) in [6.45, 7) is 4.74. The molecule has 5 nitrogen and oxygen atoms in total. The monoisotopic (exact) mass is 238 g/mol. The lowest BCUT2D eigenvalue weighted by Gasteiger charge is -2.11. The minimum absolute atomic E-state index is 0.160. The molecule has 1 aromatic rings. The third-order valence-corrected chi connectivity index (χ3v) is 2.09. The van der Waals surface area contributed by atoms with E-state index in [4.69, 9.17) is 20.9 Å². The van der Waals surface area contributed by atoms with Crippen LogP contribution in [0.25, 0.3) is 0 Å². The summed E-state index contributed by atoms with van der Waals surface area (Å²) in [7, 11) is 0. The van der Waals surface area contributed by atoms with Crippen LogP contribution < -0.4 is 16.2 Å². The molecule has 0 unspecified atom stereocenters. The van der Waals surface area contributed by atoms with Crippen molar-refractivity contribution in [3.63, 3.8) is 0 Å². The van der Waals surface area contributed by atoms with Crippen molar-refractivity contribution in [3.05, 3.63) is 23.8 Å². The van der Waals surface area contributed by atoms with Gasteiger partial charge in [0, 0.05) is 5.56 Å². The zero-order valence-electron chi connectivity index (χ0n) is 10.1. The molecule has 1 amide bonds. The van der Waals surface area contributed by atoms with Gasteiger partial charge in [0.25, 0.3) is 0 Å². The van der Waals surface area contributed by atoms with Crippen LogP contribution in [-0.4, -0.2) is 25.2 Å². The molecule has 1 aromatic carbocycles. The largest absolute Gasteiger partial charge is 0.489 e. The highest BCUT2D eigenvalue weighted by atomic mass is 16.5. The highest BCUT2D eigenvalue weighted by molar-refractivity contribution is 5.93. The number of rotatable bonds is 6. The van der Waals surface area contributed by atoms with Gasteiger partial charge in [-0.1, -0.05) is 0 Å². The van der Waals surface area contributed by atoms with Gasteiger partial charge in [-0.15, -0.1) is 0 Å². The Morgan fingerprint density at radius 3 is 2.65 bits per heavy atom. The van der Waals surface area contributed by atoms with Gasteiger partial charge in [-0.25, -0.2) is 0 Å². The summed E-state index contributed by atoms with van der Waals surface area (Å²) >= 11 is 0. The Balaban J connectivity index is 2.57. The van der Waals surface area contributed by atoms with Gasteiger partial charge in [0.1, 0.15) is 12.4 Å². The number of amides is 1. The summed E-state index contributed by atoms with van der Waals surface area (Å²) in [6, 6.07) is 4.70. The topological polar surface area (TPSA) is 87.6 Å². The number of primary amides is 1.